The molecule has 5 nitrogen and oxygen atoms in total. The van der Waals surface area contributed by atoms with Crippen LogP contribution in [0.2, 0.25) is 10.0 Å². The molecule has 0 spiro atoms. The number of ether oxygens (including phenoxy) is 1. The first-order chi connectivity index (χ1) is 9.97. The molecular formula is C13H10BCl2NO4. The number of carbonyl (C=O) groups is 1. The molecule has 108 valence electrons. The Morgan fingerprint density at radius 3 is 2.38 bits per heavy atom. The highest BCUT2D eigenvalue weighted by Gasteiger charge is 2.19. The van der Waals surface area contributed by atoms with Gasteiger partial charge in [-0.2, -0.15) is 0 Å². The number of amides is 1. The molecule has 2 rings (SSSR count). The summed E-state index contributed by atoms with van der Waals surface area (Å²) in [6.45, 7) is 0. The molecule has 3 N–H and O–H groups in total. The lowest BCUT2D eigenvalue weighted by molar-refractivity contribution is 0.215. The van der Waals surface area contributed by atoms with Gasteiger partial charge < -0.3 is 14.8 Å². The minimum absolute atomic E-state index is 0.0241. The second kappa shape index (κ2) is 6.82. The van der Waals surface area contributed by atoms with E-state index in [-0.39, 0.29) is 21.2 Å². The van der Waals surface area contributed by atoms with Crippen LogP contribution >= 0.6 is 23.2 Å². The molecule has 0 unspecified atom stereocenters. The van der Waals surface area contributed by atoms with Gasteiger partial charge in [0.2, 0.25) is 0 Å². The van der Waals surface area contributed by atoms with Crippen LogP contribution < -0.4 is 15.5 Å². The maximum Gasteiger partial charge on any atom is 0.490 e. The fourth-order valence-corrected chi connectivity index (χ4v) is 2.12. The third-order valence-corrected chi connectivity index (χ3v) is 3.20. The Kier molecular flexibility index (Phi) is 5.09. The molecule has 0 bridgehead atoms. The van der Waals surface area contributed by atoms with Crippen molar-refractivity contribution >= 4 is 47.6 Å². The van der Waals surface area contributed by atoms with E-state index in [1.807, 2.05) is 0 Å². The van der Waals surface area contributed by atoms with Gasteiger partial charge in [-0.05, 0) is 24.3 Å². The van der Waals surface area contributed by atoms with Crippen molar-refractivity contribution in [2.75, 3.05) is 5.32 Å². The van der Waals surface area contributed by atoms with Gasteiger partial charge in [0.1, 0.15) is 5.75 Å². The Hall–Kier alpha value is -1.73. The largest absolute Gasteiger partial charge is 0.490 e. The molecule has 2 aromatic rings. The summed E-state index contributed by atoms with van der Waals surface area (Å²) in [4.78, 5) is 11.8. The van der Waals surface area contributed by atoms with Crippen molar-refractivity contribution < 1.29 is 19.6 Å². The Bertz CT molecular complexity index is 652. The van der Waals surface area contributed by atoms with Gasteiger partial charge in [-0.15, -0.1) is 0 Å². The minimum atomic E-state index is -1.78. The third kappa shape index (κ3) is 4.12. The number of hydrogen-bond donors (Lipinski definition) is 3. The van der Waals surface area contributed by atoms with Gasteiger partial charge in [0, 0.05) is 10.5 Å². The van der Waals surface area contributed by atoms with E-state index in [1.165, 1.54) is 12.1 Å². The van der Waals surface area contributed by atoms with Crippen LogP contribution in [0.25, 0.3) is 0 Å². The average Bonchev–Trinajstić information content (AvgIpc) is 2.42. The topological polar surface area (TPSA) is 78.8 Å². The number of rotatable bonds is 3. The fourth-order valence-electron chi connectivity index (χ4n) is 1.59. The van der Waals surface area contributed by atoms with Gasteiger partial charge >= 0.3 is 13.2 Å². The predicted octanol–water partition coefficient (Wildman–Crippen LogP) is 2.28. The summed E-state index contributed by atoms with van der Waals surface area (Å²) in [7, 11) is -1.78. The lowest BCUT2D eigenvalue weighted by Gasteiger charge is -2.11. The molecule has 21 heavy (non-hydrogen) atoms. The standard InChI is InChI=1S/C13H10BCl2NO4/c15-10-7-11(16)12(6-9(10)14(19)20)17-13(18)21-8-4-2-1-3-5-8/h1-7,19-20H,(H,17,18). The molecule has 0 aliphatic carbocycles. The van der Waals surface area contributed by atoms with E-state index in [4.69, 9.17) is 27.9 Å². The molecule has 0 atom stereocenters. The fraction of sp³-hybridized carbons (Fsp3) is 0. The molecule has 2 aromatic carbocycles. The van der Waals surface area contributed by atoms with Crippen LogP contribution in [-0.2, 0) is 0 Å². The van der Waals surface area contributed by atoms with E-state index in [0.29, 0.717) is 5.75 Å². The normalized spacial score (nSPS) is 10.1. The highest BCUT2D eigenvalue weighted by molar-refractivity contribution is 6.63. The summed E-state index contributed by atoms with van der Waals surface area (Å²) in [6.07, 6.45) is -0.760. The zero-order valence-electron chi connectivity index (χ0n) is 10.6. The van der Waals surface area contributed by atoms with Crippen LogP contribution in [0.1, 0.15) is 0 Å². The summed E-state index contributed by atoms with van der Waals surface area (Å²) in [6, 6.07) is 11.0. The van der Waals surface area contributed by atoms with Gasteiger partial charge in [0.15, 0.2) is 0 Å². The van der Waals surface area contributed by atoms with Crippen molar-refractivity contribution in [3.05, 3.63) is 52.5 Å². The molecule has 0 saturated heterocycles. The Morgan fingerprint density at radius 2 is 1.76 bits per heavy atom. The Balaban J connectivity index is 2.15. The van der Waals surface area contributed by atoms with Crippen molar-refractivity contribution in [2.45, 2.75) is 0 Å². The van der Waals surface area contributed by atoms with Crippen LogP contribution in [0.4, 0.5) is 10.5 Å². The highest BCUT2D eigenvalue weighted by atomic mass is 35.5. The van der Waals surface area contributed by atoms with Crippen LogP contribution in [-0.4, -0.2) is 23.3 Å². The smallest absolute Gasteiger partial charge is 0.423 e. The Morgan fingerprint density at radius 1 is 1.10 bits per heavy atom. The molecule has 8 heteroatoms. The van der Waals surface area contributed by atoms with Crippen LogP contribution in [0.15, 0.2) is 42.5 Å². The first-order valence-electron chi connectivity index (χ1n) is 5.86. The summed E-state index contributed by atoms with van der Waals surface area (Å²) in [5, 5.41) is 21.0. The van der Waals surface area contributed by atoms with E-state index in [0.717, 1.165) is 0 Å². The summed E-state index contributed by atoms with van der Waals surface area (Å²) < 4.78 is 5.04. The molecule has 0 fully saturated rings. The van der Waals surface area contributed by atoms with Crippen molar-refractivity contribution in [1.82, 2.24) is 0 Å². The second-order valence-corrected chi connectivity index (χ2v) is 4.87. The molecule has 1 amide bonds. The third-order valence-electron chi connectivity index (χ3n) is 2.56. The SMILES string of the molecule is O=C(Nc1cc(B(O)O)c(Cl)cc1Cl)Oc1ccccc1. The molecule has 0 radical (unpaired) electrons. The number of benzene rings is 2. The maximum atomic E-state index is 11.8. The number of anilines is 1. The quantitative estimate of drug-likeness (QED) is 0.756. The second-order valence-electron chi connectivity index (χ2n) is 4.05. The average molecular weight is 326 g/mol. The molecular weight excluding hydrogens is 316 g/mol. The molecule has 0 aliphatic heterocycles. The zero-order valence-corrected chi connectivity index (χ0v) is 12.1. The van der Waals surface area contributed by atoms with Crippen molar-refractivity contribution in [1.29, 1.82) is 0 Å². The first kappa shape index (κ1) is 15.7. The lowest BCUT2D eigenvalue weighted by atomic mass is 9.80. The number of para-hydroxylation sites is 1. The van der Waals surface area contributed by atoms with Gasteiger partial charge in [-0.25, -0.2) is 4.79 Å². The van der Waals surface area contributed by atoms with Crippen LogP contribution in [0, 0.1) is 0 Å². The van der Waals surface area contributed by atoms with E-state index >= 15 is 0 Å². The maximum absolute atomic E-state index is 11.8. The number of nitrogens with one attached hydrogen (secondary N) is 1. The van der Waals surface area contributed by atoms with Crippen LogP contribution in [0.3, 0.4) is 0 Å². The molecule has 0 heterocycles. The lowest BCUT2D eigenvalue weighted by Crippen LogP contribution is -2.31. The number of hydrogen-bond acceptors (Lipinski definition) is 4. The van der Waals surface area contributed by atoms with E-state index in [9.17, 15) is 14.8 Å². The molecule has 0 saturated carbocycles. The van der Waals surface area contributed by atoms with E-state index < -0.39 is 13.2 Å². The van der Waals surface area contributed by atoms with Gasteiger partial charge in [0.05, 0.1) is 10.7 Å². The van der Waals surface area contributed by atoms with Crippen molar-refractivity contribution in [3.63, 3.8) is 0 Å². The molecule has 0 aliphatic rings. The van der Waals surface area contributed by atoms with Gasteiger partial charge in [0.25, 0.3) is 0 Å². The van der Waals surface area contributed by atoms with E-state index in [1.54, 1.807) is 30.3 Å². The number of halogens is 2. The van der Waals surface area contributed by atoms with Crippen LogP contribution in [0.5, 0.6) is 5.75 Å². The monoisotopic (exact) mass is 325 g/mol. The van der Waals surface area contributed by atoms with Gasteiger partial charge in [-0.3, -0.25) is 5.32 Å². The minimum Gasteiger partial charge on any atom is -0.423 e. The summed E-state index contributed by atoms with van der Waals surface area (Å²) >= 11 is 11.7. The summed E-state index contributed by atoms with van der Waals surface area (Å²) in [5.41, 5.74) is 0.182. The van der Waals surface area contributed by atoms with Gasteiger partial charge in [-0.1, -0.05) is 41.4 Å². The zero-order chi connectivity index (χ0) is 15.4. The Labute approximate surface area is 131 Å². The van der Waals surface area contributed by atoms with Crippen molar-refractivity contribution in [2.24, 2.45) is 0 Å². The number of carbonyl (C=O) groups excluding carboxylic acids is 1. The predicted molar refractivity (Wildman–Crippen MR) is 82.4 cm³/mol. The highest BCUT2D eigenvalue weighted by Crippen LogP contribution is 2.24. The summed E-state index contributed by atoms with van der Waals surface area (Å²) in [5.74, 6) is 0.363. The first-order valence-corrected chi connectivity index (χ1v) is 6.62. The molecule has 0 aromatic heterocycles. The van der Waals surface area contributed by atoms with E-state index in [2.05, 4.69) is 5.32 Å². The van der Waals surface area contributed by atoms with Crippen molar-refractivity contribution in [3.8, 4) is 5.75 Å².